The lowest BCUT2D eigenvalue weighted by Crippen LogP contribution is -2.53. The Morgan fingerprint density at radius 1 is 0.829 bits per heavy atom. The summed E-state index contributed by atoms with van der Waals surface area (Å²) in [4.78, 5) is 28.9. The number of sulfonamides is 1. The van der Waals surface area contributed by atoms with E-state index in [2.05, 4.69) is 21.2 Å². The number of amides is 2. The fraction of sp³-hybridized carbons (Fsp3) is 0.161. The van der Waals surface area contributed by atoms with Gasteiger partial charge < -0.3 is 10.2 Å². The van der Waals surface area contributed by atoms with Crippen molar-refractivity contribution < 1.29 is 18.0 Å². The van der Waals surface area contributed by atoms with E-state index in [0.717, 1.165) is 19.9 Å². The Kier molecular flexibility index (Phi) is 10.2. The van der Waals surface area contributed by atoms with Crippen LogP contribution in [0, 0.1) is 0 Å². The number of nitrogens with zero attached hydrogens (tertiary/aromatic N) is 2. The van der Waals surface area contributed by atoms with Gasteiger partial charge in [-0.1, -0.05) is 100 Å². The summed E-state index contributed by atoms with van der Waals surface area (Å²) in [6, 6.07) is 30.2. The summed E-state index contributed by atoms with van der Waals surface area (Å²) in [6.07, 6.45) is 0.236. The molecule has 212 valence electrons. The minimum Gasteiger partial charge on any atom is -0.357 e. The van der Waals surface area contributed by atoms with Crippen LogP contribution in [0.4, 0.5) is 5.69 Å². The van der Waals surface area contributed by atoms with E-state index in [1.165, 1.54) is 24.1 Å². The first-order valence-corrected chi connectivity index (χ1v) is 15.4. The van der Waals surface area contributed by atoms with Crippen molar-refractivity contribution >= 4 is 55.1 Å². The molecule has 4 aromatic rings. The molecule has 0 saturated carbocycles. The van der Waals surface area contributed by atoms with Crippen LogP contribution >= 0.6 is 27.5 Å². The highest BCUT2D eigenvalue weighted by Gasteiger charge is 2.34. The summed E-state index contributed by atoms with van der Waals surface area (Å²) in [6.45, 7) is -0.488. The standard InChI is InChI=1S/C31H29BrClN3O4S/c1-34-31(38)29(20-23-10-4-2-5-11-23)35(21-24-16-18-25(32)19-17-24)30(37)22-36(28-15-9-8-14-27(28)33)41(39,40)26-12-6-3-7-13-26/h2-19,29H,20-22H2,1H3,(H,34,38)/t29-/m0/s1. The monoisotopic (exact) mass is 653 g/mol. The number of hydrogen-bond donors (Lipinski definition) is 1. The molecule has 1 atom stereocenters. The Morgan fingerprint density at radius 2 is 1.41 bits per heavy atom. The van der Waals surface area contributed by atoms with Crippen molar-refractivity contribution in [2.24, 2.45) is 0 Å². The average Bonchev–Trinajstić information content (AvgIpc) is 2.99. The Labute approximate surface area is 253 Å². The van der Waals surface area contributed by atoms with Gasteiger partial charge in [-0.25, -0.2) is 8.42 Å². The predicted octanol–water partition coefficient (Wildman–Crippen LogP) is 5.68. The molecule has 0 heterocycles. The number of hydrogen-bond acceptors (Lipinski definition) is 4. The van der Waals surface area contributed by atoms with Gasteiger partial charge in [0.15, 0.2) is 0 Å². The van der Waals surface area contributed by atoms with Crippen LogP contribution in [0.3, 0.4) is 0 Å². The summed E-state index contributed by atoms with van der Waals surface area (Å²) < 4.78 is 29.7. The normalized spacial score (nSPS) is 11.9. The zero-order chi connectivity index (χ0) is 29.4. The van der Waals surface area contributed by atoms with Gasteiger partial charge in [-0.15, -0.1) is 0 Å². The summed E-state index contributed by atoms with van der Waals surface area (Å²) >= 11 is 9.89. The average molecular weight is 655 g/mol. The van der Waals surface area contributed by atoms with Gasteiger partial charge in [-0.2, -0.15) is 0 Å². The van der Waals surface area contributed by atoms with Crippen molar-refractivity contribution in [2.45, 2.75) is 23.9 Å². The largest absolute Gasteiger partial charge is 0.357 e. The third-order valence-electron chi connectivity index (χ3n) is 6.51. The fourth-order valence-electron chi connectivity index (χ4n) is 4.39. The molecule has 0 bridgehead atoms. The van der Waals surface area contributed by atoms with E-state index in [1.54, 1.807) is 42.5 Å². The van der Waals surface area contributed by atoms with E-state index in [0.29, 0.717) is 0 Å². The molecule has 0 aliphatic carbocycles. The van der Waals surface area contributed by atoms with Crippen LogP contribution in [-0.4, -0.2) is 44.8 Å². The van der Waals surface area contributed by atoms with Gasteiger partial charge >= 0.3 is 0 Å². The van der Waals surface area contributed by atoms with Crippen molar-refractivity contribution in [3.63, 3.8) is 0 Å². The molecule has 0 aliphatic rings. The molecule has 0 spiro atoms. The van der Waals surface area contributed by atoms with Crippen LogP contribution < -0.4 is 9.62 Å². The molecule has 0 unspecified atom stereocenters. The van der Waals surface area contributed by atoms with E-state index in [-0.39, 0.29) is 34.5 Å². The van der Waals surface area contributed by atoms with Gasteiger partial charge in [0.25, 0.3) is 10.0 Å². The Hall–Kier alpha value is -3.66. The van der Waals surface area contributed by atoms with Crippen LogP contribution in [0.1, 0.15) is 11.1 Å². The Balaban J connectivity index is 1.78. The molecule has 0 aliphatic heterocycles. The lowest BCUT2D eigenvalue weighted by molar-refractivity contribution is -0.139. The second kappa shape index (κ2) is 13.8. The Bertz CT molecular complexity index is 1590. The van der Waals surface area contributed by atoms with E-state index in [1.807, 2.05) is 54.6 Å². The number of benzene rings is 4. The molecule has 10 heteroatoms. The van der Waals surface area contributed by atoms with E-state index in [4.69, 9.17) is 11.6 Å². The number of likely N-dealkylation sites (N-methyl/N-ethyl adjacent to an activating group) is 1. The predicted molar refractivity (Wildman–Crippen MR) is 165 cm³/mol. The van der Waals surface area contributed by atoms with Crippen LogP contribution in [0.5, 0.6) is 0 Å². The van der Waals surface area contributed by atoms with Crippen molar-refractivity contribution in [3.05, 3.63) is 130 Å². The minimum absolute atomic E-state index is 0.0133. The topological polar surface area (TPSA) is 86.8 Å². The maximum atomic E-state index is 14.2. The van der Waals surface area contributed by atoms with Crippen molar-refractivity contribution in [1.82, 2.24) is 10.2 Å². The SMILES string of the molecule is CNC(=O)[C@H](Cc1ccccc1)N(Cc1ccc(Br)cc1)C(=O)CN(c1ccccc1Cl)S(=O)(=O)c1ccccc1. The zero-order valence-electron chi connectivity index (χ0n) is 22.3. The number of nitrogens with one attached hydrogen (secondary N) is 1. The first-order chi connectivity index (χ1) is 19.7. The van der Waals surface area contributed by atoms with Gasteiger partial charge in [-0.3, -0.25) is 13.9 Å². The number of para-hydroxylation sites is 1. The molecule has 2 amide bonds. The molecule has 0 saturated heterocycles. The van der Waals surface area contributed by atoms with Gasteiger partial charge in [0.05, 0.1) is 15.6 Å². The molecular formula is C31H29BrClN3O4S. The minimum atomic E-state index is -4.20. The van der Waals surface area contributed by atoms with Crippen LogP contribution in [0.15, 0.2) is 119 Å². The van der Waals surface area contributed by atoms with Crippen LogP contribution in [-0.2, 0) is 32.6 Å². The maximum absolute atomic E-state index is 14.2. The summed E-state index contributed by atoms with van der Waals surface area (Å²) in [5.41, 5.74) is 1.79. The second-order valence-corrected chi connectivity index (χ2v) is 12.4. The molecule has 0 fully saturated rings. The second-order valence-electron chi connectivity index (χ2n) is 9.24. The molecule has 0 aromatic heterocycles. The molecule has 4 rings (SSSR count). The summed E-state index contributed by atoms with van der Waals surface area (Å²) in [5, 5.41) is 2.85. The molecule has 1 N–H and O–H groups in total. The van der Waals surface area contributed by atoms with Gasteiger partial charge in [0.2, 0.25) is 11.8 Å². The van der Waals surface area contributed by atoms with E-state index < -0.39 is 28.5 Å². The molecule has 7 nitrogen and oxygen atoms in total. The molecular weight excluding hydrogens is 626 g/mol. The first kappa shape index (κ1) is 30.3. The van der Waals surface area contributed by atoms with Crippen LogP contribution in [0.2, 0.25) is 5.02 Å². The van der Waals surface area contributed by atoms with Gasteiger partial charge in [0.1, 0.15) is 12.6 Å². The number of carbonyl (C=O) groups excluding carboxylic acids is 2. The maximum Gasteiger partial charge on any atom is 0.264 e. The fourth-order valence-corrected chi connectivity index (χ4v) is 6.40. The van der Waals surface area contributed by atoms with Crippen LogP contribution in [0.25, 0.3) is 0 Å². The number of carbonyl (C=O) groups is 2. The quantitative estimate of drug-likeness (QED) is 0.225. The zero-order valence-corrected chi connectivity index (χ0v) is 25.4. The molecule has 0 radical (unpaired) electrons. The highest BCUT2D eigenvalue weighted by molar-refractivity contribution is 9.10. The lowest BCUT2D eigenvalue weighted by atomic mass is 10.0. The lowest BCUT2D eigenvalue weighted by Gasteiger charge is -2.33. The third kappa shape index (κ3) is 7.55. The highest BCUT2D eigenvalue weighted by Crippen LogP contribution is 2.31. The molecule has 41 heavy (non-hydrogen) atoms. The number of halogens is 2. The van der Waals surface area contributed by atoms with E-state index >= 15 is 0 Å². The summed E-state index contributed by atoms with van der Waals surface area (Å²) in [5.74, 6) is -0.925. The molecule has 4 aromatic carbocycles. The number of rotatable bonds is 11. The Morgan fingerprint density at radius 3 is 2.02 bits per heavy atom. The van der Waals surface area contributed by atoms with Crippen molar-refractivity contribution in [3.8, 4) is 0 Å². The van der Waals surface area contributed by atoms with Crippen molar-refractivity contribution in [1.29, 1.82) is 0 Å². The third-order valence-corrected chi connectivity index (χ3v) is 9.14. The van der Waals surface area contributed by atoms with Gasteiger partial charge in [0, 0.05) is 24.5 Å². The smallest absolute Gasteiger partial charge is 0.264 e. The van der Waals surface area contributed by atoms with E-state index in [9.17, 15) is 18.0 Å². The first-order valence-electron chi connectivity index (χ1n) is 12.8. The van der Waals surface area contributed by atoms with Crippen molar-refractivity contribution in [2.75, 3.05) is 17.9 Å². The summed E-state index contributed by atoms with van der Waals surface area (Å²) in [7, 11) is -2.69. The van der Waals surface area contributed by atoms with Gasteiger partial charge in [-0.05, 0) is 47.5 Å². The number of anilines is 1. The highest BCUT2D eigenvalue weighted by atomic mass is 79.9.